The number of pyridine rings is 1. The van der Waals surface area contributed by atoms with Gasteiger partial charge in [0.05, 0.1) is 19.1 Å². The molecule has 1 fully saturated rings. The van der Waals surface area contributed by atoms with Gasteiger partial charge in [0.25, 0.3) is 0 Å². The Labute approximate surface area is 143 Å². The zero-order valence-electron chi connectivity index (χ0n) is 13.7. The number of H-pyrrole nitrogens is 1. The lowest BCUT2D eigenvalue weighted by Gasteiger charge is -2.32. The smallest absolute Gasteiger partial charge is 0.183 e. The lowest BCUT2D eigenvalue weighted by atomic mass is 10.2. The predicted molar refractivity (Wildman–Crippen MR) is 89.4 cm³/mol. The Bertz CT molecular complexity index is 884. The molecule has 130 valence electrons. The van der Waals surface area contributed by atoms with Crippen LogP contribution >= 0.6 is 0 Å². The zero-order chi connectivity index (χ0) is 17.2. The minimum absolute atomic E-state index is 0.261. The summed E-state index contributed by atoms with van der Waals surface area (Å²) < 4.78 is 19.2. The van der Waals surface area contributed by atoms with Gasteiger partial charge in [-0.3, -0.25) is 9.88 Å². The average Bonchev–Trinajstić information content (AvgIpc) is 3.10. The number of hydrogen-bond donors (Lipinski definition) is 2. The summed E-state index contributed by atoms with van der Waals surface area (Å²) in [6.45, 7) is 2.55. The molecule has 0 spiro atoms. The number of morpholine rings is 1. The largest absolute Gasteiger partial charge is 0.371 e. The van der Waals surface area contributed by atoms with Gasteiger partial charge in [0.1, 0.15) is 17.4 Å². The van der Waals surface area contributed by atoms with Gasteiger partial charge in [-0.05, 0) is 11.6 Å². The Morgan fingerprint density at radius 3 is 3.16 bits per heavy atom. The molecule has 0 saturated carbocycles. The van der Waals surface area contributed by atoms with Gasteiger partial charge >= 0.3 is 0 Å². The van der Waals surface area contributed by atoms with Crippen molar-refractivity contribution in [3.63, 3.8) is 0 Å². The van der Waals surface area contributed by atoms with Crippen LogP contribution in [0.4, 0.5) is 10.2 Å². The van der Waals surface area contributed by atoms with Crippen LogP contribution in [0.5, 0.6) is 0 Å². The van der Waals surface area contributed by atoms with E-state index in [2.05, 4.69) is 35.1 Å². The molecule has 1 atom stereocenters. The van der Waals surface area contributed by atoms with Crippen LogP contribution in [0.2, 0.25) is 0 Å². The lowest BCUT2D eigenvalue weighted by molar-refractivity contribution is -0.0370. The number of aromatic amines is 1. The highest BCUT2D eigenvalue weighted by molar-refractivity contribution is 5.82. The van der Waals surface area contributed by atoms with Gasteiger partial charge in [0.15, 0.2) is 17.3 Å². The van der Waals surface area contributed by atoms with E-state index in [1.165, 1.54) is 12.3 Å². The minimum Gasteiger partial charge on any atom is -0.371 e. The molecule has 0 aromatic carbocycles. The fourth-order valence-electron chi connectivity index (χ4n) is 2.98. The van der Waals surface area contributed by atoms with Crippen LogP contribution in [-0.2, 0) is 11.3 Å². The Balaban J connectivity index is 1.54. The highest BCUT2D eigenvalue weighted by Crippen LogP contribution is 2.24. The first-order valence-corrected chi connectivity index (χ1v) is 8.05. The van der Waals surface area contributed by atoms with Gasteiger partial charge in [-0.1, -0.05) is 0 Å². The second-order valence-corrected chi connectivity index (χ2v) is 5.89. The zero-order valence-corrected chi connectivity index (χ0v) is 13.7. The molecule has 4 heterocycles. The molecule has 8 nitrogen and oxygen atoms in total. The van der Waals surface area contributed by atoms with E-state index in [-0.39, 0.29) is 11.9 Å². The summed E-state index contributed by atoms with van der Waals surface area (Å²) >= 11 is 0. The number of fused-ring (bicyclic) bond motifs is 1. The van der Waals surface area contributed by atoms with E-state index in [4.69, 9.17) is 4.74 Å². The second-order valence-electron chi connectivity index (χ2n) is 5.89. The molecule has 1 saturated heterocycles. The fourth-order valence-corrected chi connectivity index (χ4v) is 2.98. The van der Waals surface area contributed by atoms with Crippen molar-refractivity contribution in [3.05, 3.63) is 42.0 Å². The number of hydrogen-bond acceptors (Lipinski definition) is 7. The fraction of sp³-hybridized carbons (Fsp3) is 0.375. The van der Waals surface area contributed by atoms with Crippen molar-refractivity contribution < 1.29 is 9.13 Å². The first-order chi connectivity index (χ1) is 12.2. The van der Waals surface area contributed by atoms with E-state index >= 15 is 0 Å². The first kappa shape index (κ1) is 15.9. The standard InChI is InChI=1S/C16H18FN7O/c1-18-15-13-16(21-9-20-13)23-14(22-15)12-8-24(2-3-25-12)7-10-4-11(17)6-19-5-10/h4-6,9,12H,2-3,7-8H2,1H3,(H2,18,20,21,22,23). The summed E-state index contributed by atoms with van der Waals surface area (Å²) in [4.78, 5) is 22.4. The minimum atomic E-state index is -0.326. The van der Waals surface area contributed by atoms with E-state index < -0.39 is 0 Å². The van der Waals surface area contributed by atoms with Gasteiger partial charge in [0, 0.05) is 32.9 Å². The third kappa shape index (κ3) is 3.28. The normalized spacial score (nSPS) is 18.6. The van der Waals surface area contributed by atoms with Crippen molar-refractivity contribution in [1.29, 1.82) is 0 Å². The van der Waals surface area contributed by atoms with E-state index in [1.54, 1.807) is 19.6 Å². The third-order valence-corrected chi connectivity index (χ3v) is 4.15. The van der Waals surface area contributed by atoms with Gasteiger partial charge in [0.2, 0.25) is 0 Å². The SMILES string of the molecule is CNc1nc(C2CN(Cc3cncc(F)c3)CCO2)nc2nc[nH]c12. The topological polar surface area (TPSA) is 91.8 Å². The van der Waals surface area contributed by atoms with E-state index in [0.29, 0.717) is 37.0 Å². The Morgan fingerprint density at radius 2 is 2.32 bits per heavy atom. The molecule has 3 aromatic rings. The van der Waals surface area contributed by atoms with Crippen molar-refractivity contribution in [3.8, 4) is 0 Å². The molecule has 9 heteroatoms. The van der Waals surface area contributed by atoms with Crippen LogP contribution in [0.3, 0.4) is 0 Å². The van der Waals surface area contributed by atoms with Crippen LogP contribution in [0.1, 0.15) is 17.5 Å². The highest BCUT2D eigenvalue weighted by Gasteiger charge is 2.26. The summed E-state index contributed by atoms with van der Waals surface area (Å²) in [5, 5.41) is 3.05. The second kappa shape index (κ2) is 6.69. The van der Waals surface area contributed by atoms with Crippen molar-refractivity contribution >= 4 is 17.0 Å². The number of nitrogens with zero attached hydrogens (tertiary/aromatic N) is 5. The van der Waals surface area contributed by atoms with Gasteiger partial charge < -0.3 is 15.0 Å². The average molecular weight is 343 g/mol. The molecule has 0 bridgehead atoms. The van der Waals surface area contributed by atoms with E-state index in [1.807, 2.05) is 0 Å². The summed E-state index contributed by atoms with van der Waals surface area (Å²) in [5.74, 6) is 0.951. The maximum Gasteiger partial charge on any atom is 0.183 e. The molecule has 1 unspecified atom stereocenters. The van der Waals surface area contributed by atoms with Crippen LogP contribution in [0, 0.1) is 5.82 Å². The third-order valence-electron chi connectivity index (χ3n) is 4.15. The molecule has 0 radical (unpaired) electrons. The van der Waals surface area contributed by atoms with Crippen LogP contribution in [0.25, 0.3) is 11.2 Å². The molecule has 0 aliphatic carbocycles. The number of anilines is 1. The van der Waals surface area contributed by atoms with Crippen molar-refractivity contribution in [2.45, 2.75) is 12.6 Å². The molecule has 0 amide bonds. The summed E-state index contributed by atoms with van der Waals surface area (Å²) in [7, 11) is 1.80. The van der Waals surface area contributed by atoms with E-state index in [0.717, 1.165) is 17.6 Å². The number of aromatic nitrogens is 5. The monoisotopic (exact) mass is 343 g/mol. The van der Waals surface area contributed by atoms with Gasteiger partial charge in [-0.15, -0.1) is 0 Å². The number of halogens is 1. The number of imidazole rings is 1. The number of nitrogens with one attached hydrogen (secondary N) is 2. The van der Waals surface area contributed by atoms with E-state index in [9.17, 15) is 4.39 Å². The van der Waals surface area contributed by atoms with Gasteiger partial charge in [-0.2, -0.15) is 0 Å². The Hall–Kier alpha value is -2.65. The summed E-state index contributed by atoms with van der Waals surface area (Å²) in [6, 6.07) is 1.50. The maximum atomic E-state index is 13.3. The Morgan fingerprint density at radius 1 is 1.40 bits per heavy atom. The van der Waals surface area contributed by atoms with Crippen LogP contribution in [-0.4, -0.2) is 56.6 Å². The highest BCUT2D eigenvalue weighted by atomic mass is 19.1. The number of ether oxygens (including phenoxy) is 1. The van der Waals surface area contributed by atoms with Crippen LogP contribution < -0.4 is 5.32 Å². The quantitative estimate of drug-likeness (QED) is 0.742. The Kier molecular flexibility index (Phi) is 4.24. The molecule has 1 aliphatic heterocycles. The molecular formula is C16H18FN7O. The molecule has 2 N–H and O–H groups in total. The molecular weight excluding hydrogens is 325 g/mol. The summed E-state index contributed by atoms with van der Waals surface area (Å²) in [5.41, 5.74) is 2.20. The van der Waals surface area contributed by atoms with Crippen molar-refractivity contribution in [2.24, 2.45) is 0 Å². The van der Waals surface area contributed by atoms with Crippen molar-refractivity contribution in [1.82, 2.24) is 29.8 Å². The molecule has 25 heavy (non-hydrogen) atoms. The predicted octanol–water partition coefficient (Wildman–Crippen LogP) is 1.50. The van der Waals surface area contributed by atoms with Crippen LogP contribution in [0.15, 0.2) is 24.8 Å². The first-order valence-electron chi connectivity index (χ1n) is 8.05. The van der Waals surface area contributed by atoms with Crippen molar-refractivity contribution in [2.75, 3.05) is 32.1 Å². The lowest BCUT2D eigenvalue weighted by Crippen LogP contribution is -2.38. The summed E-state index contributed by atoms with van der Waals surface area (Å²) in [6.07, 6.45) is 4.22. The van der Waals surface area contributed by atoms with Gasteiger partial charge in [-0.25, -0.2) is 19.3 Å². The maximum absolute atomic E-state index is 13.3. The number of rotatable bonds is 4. The molecule has 4 rings (SSSR count). The molecule has 3 aromatic heterocycles. The molecule has 1 aliphatic rings.